The van der Waals surface area contributed by atoms with Gasteiger partial charge in [-0.3, -0.25) is 0 Å². The van der Waals surface area contributed by atoms with Crippen LogP contribution in [0.15, 0.2) is 30.9 Å². The summed E-state index contributed by atoms with van der Waals surface area (Å²) in [6.07, 6.45) is 7.76. The number of nitrogens with zero attached hydrogens (tertiary/aromatic N) is 3. The molecule has 0 radical (unpaired) electrons. The molecule has 0 unspecified atom stereocenters. The van der Waals surface area contributed by atoms with Crippen molar-refractivity contribution in [2.45, 2.75) is 39.3 Å². The van der Waals surface area contributed by atoms with E-state index in [9.17, 15) is 0 Å². The van der Waals surface area contributed by atoms with Gasteiger partial charge in [0.05, 0.1) is 24.3 Å². The number of ether oxygens (including phenoxy) is 1. The molecule has 108 valence electrons. The largest absolute Gasteiger partial charge is 0.383 e. The average Bonchev–Trinajstić information content (AvgIpc) is 2.87. The molecule has 0 aliphatic rings. The average molecular weight is 274 g/mol. The molecule has 2 N–H and O–H groups in total. The van der Waals surface area contributed by atoms with Crippen molar-refractivity contribution >= 4 is 5.82 Å². The molecule has 2 heterocycles. The number of rotatable bonds is 7. The maximum absolute atomic E-state index is 5.92. The van der Waals surface area contributed by atoms with E-state index in [0.29, 0.717) is 11.9 Å². The first-order chi connectivity index (χ1) is 9.68. The van der Waals surface area contributed by atoms with Crippen LogP contribution in [0.5, 0.6) is 0 Å². The number of hydrogen-bond donors (Lipinski definition) is 1. The highest BCUT2D eigenvalue weighted by atomic mass is 16.5. The first-order valence-corrected chi connectivity index (χ1v) is 7.01. The number of hydrogen-bond acceptors (Lipinski definition) is 4. The Morgan fingerprint density at radius 1 is 1.35 bits per heavy atom. The van der Waals surface area contributed by atoms with E-state index in [-0.39, 0.29) is 0 Å². The number of aryl methyl sites for hydroxylation is 1. The summed E-state index contributed by atoms with van der Waals surface area (Å²) in [4.78, 5) is 8.34. The SMILES string of the molecule is CC(C)OCCCCn1cncc1-c1cccnc1N. The summed E-state index contributed by atoms with van der Waals surface area (Å²) >= 11 is 0. The van der Waals surface area contributed by atoms with Gasteiger partial charge >= 0.3 is 0 Å². The first kappa shape index (κ1) is 14.5. The minimum absolute atomic E-state index is 0.300. The molecule has 2 rings (SSSR count). The summed E-state index contributed by atoms with van der Waals surface area (Å²) in [6, 6.07) is 3.86. The third-order valence-corrected chi connectivity index (χ3v) is 3.07. The Kier molecular flexibility index (Phi) is 5.12. The highest BCUT2D eigenvalue weighted by Crippen LogP contribution is 2.23. The van der Waals surface area contributed by atoms with Crippen molar-refractivity contribution in [2.24, 2.45) is 0 Å². The lowest BCUT2D eigenvalue weighted by atomic mass is 10.2. The minimum atomic E-state index is 0.300. The smallest absolute Gasteiger partial charge is 0.132 e. The Labute approximate surface area is 119 Å². The highest BCUT2D eigenvalue weighted by molar-refractivity contribution is 5.70. The van der Waals surface area contributed by atoms with Crippen LogP contribution in [0.1, 0.15) is 26.7 Å². The molecule has 0 spiro atoms. The number of anilines is 1. The Bertz CT molecular complexity index is 536. The summed E-state index contributed by atoms with van der Waals surface area (Å²) in [5.74, 6) is 0.539. The van der Waals surface area contributed by atoms with Crippen LogP contribution in [0.3, 0.4) is 0 Å². The van der Waals surface area contributed by atoms with Crippen molar-refractivity contribution in [3.05, 3.63) is 30.9 Å². The van der Waals surface area contributed by atoms with E-state index < -0.39 is 0 Å². The van der Waals surface area contributed by atoms with Gasteiger partial charge in [0, 0.05) is 24.9 Å². The van der Waals surface area contributed by atoms with Gasteiger partial charge in [0.2, 0.25) is 0 Å². The molecule has 0 aromatic carbocycles. The van der Waals surface area contributed by atoms with E-state index >= 15 is 0 Å². The standard InChI is InChI=1S/C15H22N4O/c1-12(2)20-9-4-3-8-19-11-17-10-14(19)13-6-5-7-18-15(13)16/h5-7,10-12H,3-4,8-9H2,1-2H3,(H2,16,18). The number of nitrogen functional groups attached to an aromatic ring is 1. The first-order valence-electron chi connectivity index (χ1n) is 7.01. The van der Waals surface area contributed by atoms with E-state index in [1.165, 1.54) is 0 Å². The zero-order chi connectivity index (χ0) is 14.4. The van der Waals surface area contributed by atoms with Crippen molar-refractivity contribution in [1.29, 1.82) is 0 Å². The lowest BCUT2D eigenvalue weighted by Crippen LogP contribution is -2.06. The van der Waals surface area contributed by atoms with E-state index in [4.69, 9.17) is 10.5 Å². The van der Waals surface area contributed by atoms with Crippen molar-refractivity contribution in [1.82, 2.24) is 14.5 Å². The zero-order valence-corrected chi connectivity index (χ0v) is 12.1. The summed E-state index contributed by atoms with van der Waals surface area (Å²) in [7, 11) is 0. The Morgan fingerprint density at radius 3 is 2.95 bits per heavy atom. The van der Waals surface area contributed by atoms with Crippen molar-refractivity contribution in [2.75, 3.05) is 12.3 Å². The van der Waals surface area contributed by atoms with Gasteiger partial charge in [-0.1, -0.05) is 0 Å². The van der Waals surface area contributed by atoms with Crippen LogP contribution in [-0.4, -0.2) is 27.2 Å². The molecule has 2 aromatic heterocycles. The molecule has 0 saturated heterocycles. The van der Waals surface area contributed by atoms with Crippen LogP contribution in [0, 0.1) is 0 Å². The Morgan fingerprint density at radius 2 is 2.20 bits per heavy atom. The summed E-state index contributed by atoms with van der Waals surface area (Å²) in [5.41, 5.74) is 7.87. The maximum atomic E-state index is 5.92. The van der Waals surface area contributed by atoms with Crippen LogP contribution >= 0.6 is 0 Å². The third-order valence-electron chi connectivity index (χ3n) is 3.07. The van der Waals surface area contributed by atoms with Crippen LogP contribution in [0.4, 0.5) is 5.82 Å². The predicted octanol–water partition coefficient (Wildman–Crippen LogP) is 2.73. The number of pyridine rings is 1. The molecule has 2 aromatic rings. The van der Waals surface area contributed by atoms with Crippen molar-refractivity contribution < 1.29 is 4.74 Å². The number of unbranched alkanes of at least 4 members (excludes halogenated alkanes) is 1. The molecular weight excluding hydrogens is 252 g/mol. The van der Waals surface area contributed by atoms with Gasteiger partial charge in [-0.25, -0.2) is 9.97 Å². The lowest BCUT2D eigenvalue weighted by Gasteiger charge is -2.10. The van der Waals surface area contributed by atoms with Crippen molar-refractivity contribution in [3.8, 4) is 11.3 Å². The summed E-state index contributed by atoms with van der Waals surface area (Å²) < 4.78 is 7.65. The molecule has 0 amide bonds. The second kappa shape index (κ2) is 7.05. The van der Waals surface area contributed by atoms with Gasteiger partial charge in [-0.15, -0.1) is 0 Å². The lowest BCUT2D eigenvalue weighted by molar-refractivity contribution is 0.0754. The van der Waals surface area contributed by atoms with Gasteiger partial charge in [0.1, 0.15) is 5.82 Å². The highest BCUT2D eigenvalue weighted by Gasteiger charge is 2.08. The molecule has 0 fully saturated rings. The molecule has 0 aliphatic carbocycles. The van der Waals surface area contributed by atoms with Crippen LogP contribution in [0.2, 0.25) is 0 Å². The van der Waals surface area contributed by atoms with E-state index in [1.807, 2.05) is 24.7 Å². The van der Waals surface area contributed by atoms with E-state index in [1.54, 1.807) is 6.20 Å². The number of imidazole rings is 1. The fourth-order valence-corrected chi connectivity index (χ4v) is 2.06. The quantitative estimate of drug-likeness (QED) is 0.788. The summed E-state index contributed by atoms with van der Waals surface area (Å²) in [6.45, 7) is 5.82. The van der Waals surface area contributed by atoms with E-state index in [2.05, 4.69) is 28.4 Å². The molecule has 0 bridgehead atoms. The fourth-order valence-electron chi connectivity index (χ4n) is 2.06. The Balaban J connectivity index is 1.94. The zero-order valence-electron chi connectivity index (χ0n) is 12.1. The van der Waals surface area contributed by atoms with Gasteiger partial charge in [0.15, 0.2) is 0 Å². The van der Waals surface area contributed by atoms with Gasteiger partial charge in [-0.05, 0) is 38.8 Å². The molecule has 20 heavy (non-hydrogen) atoms. The predicted molar refractivity (Wildman–Crippen MR) is 80.2 cm³/mol. The monoisotopic (exact) mass is 274 g/mol. The molecule has 0 atom stereocenters. The van der Waals surface area contributed by atoms with E-state index in [0.717, 1.165) is 37.3 Å². The molecular formula is C15H22N4O. The third kappa shape index (κ3) is 3.81. The molecule has 0 saturated carbocycles. The van der Waals surface area contributed by atoms with Crippen LogP contribution in [0.25, 0.3) is 11.3 Å². The number of aromatic nitrogens is 3. The second-order valence-electron chi connectivity index (χ2n) is 5.04. The second-order valence-corrected chi connectivity index (χ2v) is 5.04. The van der Waals surface area contributed by atoms with Gasteiger partial charge in [-0.2, -0.15) is 0 Å². The van der Waals surface area contributed by atoms with Gasteiger partial charge < -0.3 is 15.0 Å². The topological polar surface area (TPSA) is 66.0 Å². The maximum Gasteiger partial charge on any atom is 0.132 e. The van der Waals surface area contributed by atoms with Gasteiger partial charge in [0.25, 0.3) is 0 Å². The molecule has 0 aliphatic heterocycles. The van der Waals surface area contributed by atoms with Crippen molar-refractivity contribution in [3.63, 3.8) is 0 Å². The van der Waals surface area contributed by atoms with Crippen LogP contribution in [-0.2, 0) is 11.3 Å². The normalized spacial score (nSPS) is 11.2. The molecule has 5 heteroatoms. The Hall–Kier alpha value is -1.88. The minimum Gasteiger partial charge on any atom is -0.383 e. The molecule has 5 nitrogen and oxygen atoms in total. The summed E-state index contributed by atoms with van der Waals surface area (Å²) in [5, 5.41) is 0. The number of nitrogens with two attached hydrogens (primary N) is 1. The fraction of sp³-hybridized carbons (Fsp3) is 0.467. The van der Waals surface area contributed by atoms with Crippen LogP contribution < -0.4 is 5.73 Å².